The third-order valence-electron chi connectivity index (χ3n) is 2.79. The Morgan fingerprint density at radius 2 is 2.15 bits per heavy atom. The van der Waals surface area contributed by atoms with Crippen molar-refractivity contribution in [2.24, 2.45) is 0 Å². The number of carbonyl (C=O) groups is 1. The lowest BCUT2D eigenvalue weighted by Gasteiger charge is -2.10. The number of anilines is 1. The van der Waals surface area contributed by atoms with Gasteiger partial charge in [-0.05, 0) is 24.6 Å². The predicted octanol–water partition coefficient (Wildman–Crippen LogP) is 3.23. The molecule has 5 heteroatoms. The van der Waals surface area contributed by atoms with Gasteiger partial charge in [-0.15, -0.1) is 0 Å². The molecule has 0 saturated heterocycles. The van der Waals surface area contributed by atoms with E-state index in [0.29, 0.717) is 11.4 Å². The minimum atomic E-state index is -0.163. The van der Waals surface area contributed by atoms with E-state index in [-0.39, 0.29) is 17.5 Å². The molecule has 20 heavy (non-hydrogen) atoms. The number of carbonyl (C=O) groups excluding carboxylic acids is 1. The average molecular weight is 291 g/mol. The van der Waals surface area contributed by atoms with Gasteiger partial charge in [0.2, 0.25) is 5.91 Å². The number of rotatable bonds is 4. The summed E-state index contributed by atoms with van der Waals surface area (Å²) in [4.78, 5) is 16.1. The third-order valence-corrected chi connectivity index (χ3v) is 3.09. The summed E-state index contributed by atoms with van der Waals surface area (Å²) in [6, 6.07) is 9.20. The van der Waals surface area contributed by atoms with Crippen LogP contribution in [0.2, 0.25) is 5.15 Å². The Labute approximate surface area is 122 Å². The largest absolute Gasteiger partial charge is 0.496 e. The summed E-state index contributed by atoms with van der Waals surface area (Å²) in [6.07, 6.45) is 1.87. The van der Waals surface area contributed by atoms with Crippen LogP contribution in [0.25, 0.3) is 0 Å². The lowest BCUT2D eigenvalue weighted by molar-refractivity contribution is -0.115. The van der Waals surface area contributed by atoms with Gasteiger partial charge in [0, 0.05) is 11.8 Å². The van der Waals surface area contributed by atoms with Gasteiger partial charge in [-0.25, -0.2) is 4.98 Å². The number of halogens is 1. The van der Waals surface area contributed by atoms with Crippen LogP contribution in [0.3, 0.4) is 0 Å². The van der Waals surface area contributed by atoms with Gasteiger partial charge in [-0.1, -0.05) is 29.8 Å². The fraction of sp³-hybridized carbons (Fsp3) is 0.200. The first-order valence-corrected chi connectivity index (χ1v) is 6.52. The first kappa shape index (κ1) is 14.3. The second-order valence-electron chi connectivity index (χ2n) is 4.39. The number of hydrogen-bond acceptors (Lipinski definition) is 3. The van der Waals surface area contributed by atoms with Crippen LogP contribution in [-0.4, -0.2) is 18.0 Å². The maximum Gasteiger partial charge on any atom is 0.229 e. The Kier molecular flexibility index (Phi) is 4.58. The molecule has 1 aromatic carbocycles. The number of nitrogens with zero attached hydrogens (tertiary/aromatic N) is 1. The van der Waals surface area contributed by atoms with Crippen LogP contribution in [0.1, 0.15) is 11.1 Å². The van der Waals surface area contributed by atoms with Crippen LogP contribution < -0.4 is 10.1 Å². The van der Waals surface area contributed by atoms with Crippen LogP contribution >= 0.6 is 11.6 Å². The number of benzene rings is 1. The number of para-hydroxylation sites is 1. The molecule has 1 aromatic heterocycles. The Hall–Kier alpha value is -2.07. The summed E-state index contributed by atoms with van der Waals surface area (Å²) in [5.41, 5.74) is 2.28. The van der Waals surface area contributed by atoms with Crippen molar-refractivity contribution in [2.75, 3.05) is 12.4 Å². The van der Waals surface area contributed by atoms with Crippen molar-refractivity contribution < 1.29 is 9.53 Å². The summed E-state index contributed by atoms with van der Waals surface area (Å²) in [5, 5.41) is 3.04. The van der Waals surface area contributed by atoms with Gasteiger partial charge in [0.1, 0.15) is 5.75 Å². The van der Waals surface area contributed by atoms with Gasteiger partial charge in [-0.3, -0.25) is 4.79 Å². The van der Waals surface area contributed by atoms with Gasteiger partial charge in [0.05, 0.1) is 19.2 Å². The molecule has 0 atom stereocenters. The van der Waals surface area contributed by atoms with Crippen molar-refractivity contribution >= 4 is 23.2 Å². The molecule has 0 aliphatic carbocycles. The number of methoxy groups -OCH3 is 1. The molecule has 0 aliphatic heterocycles. The second-order valence-corrected chi connectivity index (χ2v) is 4.75. The number of aromatic nitrogens is 1. The molecule has 4 nitrogen and oxygen atoms in total. The summed E-state index contributed by atoms with van der Waals surface area (Å²) < 4.78 is 5.22. The van der Waals surface area contributed by atoms with Gasteiger partial charge in [0.25, 0.3) is 0 Å². The van der Waals surface area contributed by atoms with Crippen molar-refractivity contribution in [1.29, 1.82) is 0 Å². The Bertz CT molecular complexity index is 629. The standard InChI is InChI=1S/C15H15ClN2O2/c1-10-7-12(15(16)17-9-10)18-14(19)8-11-5-3-4-6-13(11)20-2/h3-7,9H,8H2,1-2H3,(H,18,19). The minimum Gasteiger partial charge on any atom is -0.496 e. The van der Waals surface area contributed by atoms with Crippen LogP contribution in [0.4, 0.5) is 5.69 Å². The van der Waals surface area contributed by atoms with E-state index in [9.17, 15) is 4.79 Å². The zero-order valence-electron chi connectivity index (χ0n) is 11.3. The molecular formula is C15H15ClN2O2. The fourth-order valence-corrected chi connectivity index (χ4v) is 2.01. The van der Waals surface area contributed by atoms with Crippen LogP contribution in [0.15, 0.2) is 36.5 Å². The molecule has 1 N–H and O–H groups in total. The average Bonchev–Trinajstić information content (AvgIpc) is 2.43. The molecule has 0 fully saturated rings. The lowest BCUT2D eigenvalue weighted by atomic mass is 10.1. The smallest absolute Gasteiger partial charge is 0.229 e. The monoisotopic (exact) mass is 290 g/mol. The van der Waals surface area contributed by atoms with E-state index < -0.39 is 0 Å². The molecule has 0 radical (unpaired) electrons. The van der Waals surface area contributed by atoms with Crippen LogP contribution in [0.5, 0.6) is 5.75 Å². The van der Waals surface area contributed by atoms with Crippen molar-refractivity contribution in [3.63, 3.8) is 0 Å². The molecule has 2 rings (SSSR count). The van der Waals surface area contributed by atoms with Gasteiger partial charge in [-0.2, -0.15) is 0 Å². The van der Waals surface area contributed by atoms with E-state index in [4.69, 9.17) is 16.3 Å². The summed E-state index contributed by atoms with van der Waals surface area (Å²) in [6.45, 7) is 1.89. The molecule has 0 unspecified atom stereocenters. The number of amides is 1. The highest BCUT2D eigenvalue weighted by Gasteiger charge is 2.10. The molecule has 2 aromatic rings. The quantitative estimate of drug-likeness (QED) is 0.880. The Balaban J connectivity index is 2.11. The number of pyridine rings is 1. The predicted molar refractivity (Wildman–Crippen MR) is 79.3 cm³/mol. The first-order chi connectivity index (χ1) is 9.60. The zero-order chi connectivity index (χ0) is 14.5. The molecule has 0 spiro atoms. The van der Waals surface area contributed by atoms with Gasteiger partial charge < -0.3 is 10.1 Å². The van der Waals surface area contributed by atoms with E-state index >= 15 is 0 Å². The maximum atomic E-state index is 12.1. The van der Waals surface area contributed by atoms with Crippen molar-refractivity contribution in [1.82, 2.24) is 4.98 Å². The number of aryl methyl sites for hydroxylation is 1. The normalized spacial score (nSPS) is 10.2. The van der Waals surface area contributed by atoms with E-state index in [0.717, 1.165) is 11.1 Å². The SMILES string of the molecule is COc1ccccc1CC(=O)Nc1cc(C)cnc1Cl. The minimum absolute atomic E-state index is 0.163. The van der Waals surface area contributed by atoms with E-state index in [1.165, 1.54) is 0 Å². The lowest BCUT2D eigenvalue weighted by Crippen LogP contribution is -2.15. The van der Waals surface area contributed by atoms with E-state index in [1.807, 2.05) is 31.2 Å². The van der Waals surface area contributed by atoms with Gasteiger partial charge in [0.15, 0.2) is 5.15 Å². The fourth-order valence-electron chi connectivity index (χ4n) is 1.86. The topological polar surface area (TPSA) is 51.2 Å². The number of hydrogen-bond donors (Lipinski definition) is 1. The molecular weight excluding hydrogens is 276 g/mol. The highest BCUT2D eigenvalue weighted by molar-refractivity contribution is 6.32. The van der Waals surface area contributed by atoms with Gasteiger partial charge >= 0.3 is 0 Å². The summed E-state index contributed by atoms with van der Waals surface area (Å²) in [5.74, 6) is 0.528. The summed E-state index contributed by atoms with van der Waals surface area (Å²) >= 11 is 5.95. The molecule has 1 amide bonds. The van der Waals surface area contributed by atoms with Crippen LogP contribution in [0, 0.1) is 6.92 Å². The van der Waals surface area contributed by atoms with E-state index in [1.54, 1.807) is 19.4 Å². The Morgan fingerprint density at radius 1 is 1.40 bits per heavy atom. The molecule has 0 aliphatic rings. The maximum absolute atomic E-state index is 12.1. The zero-order valence-corrected chi connectivity index (χ0v) is 12.1. The highest BCUT2D eigenvalue weighted by atomic mass is 35.5. The van der Waals surface area contributed by atoms with Crippen molar-refractivity contribution in [2.45, 2.75) is 13.3 Å². The summed E-state index contributed by atoms with van der Waals surface area (Å²) in [7, 11) is 1.58. The Morgan fingerprint density at radius 3 is 2.90 bits per heavy atom. The van der Waals surface area contributed by atoms with Crippen molar-refractivity contribution in [3.05, 3.63) is 52.8 Å². The molecule has 0 bridgehead atoms. The number of ether oxygens (including phenoxy) is 1. The number of nitrogens with one attached hydrogen (secondary N) is 1. The third kappa shape index (κ3) is 3.48. The van der Waals surface area contributed by atoms with E-state index in [2.05, 4.69) is 10.3 Å². The molecule has 1 heterocycles. The first-order valence-electron chi connectivity index (χ1n) is 6.14. The van der Waals surface area contributed by atoms with Crippen molar-refractivity contribution in [3.8, 4) is 5.75 Å². The highest BCUT2D eigenvalue weighted by Crippen LogP contribution is 2.21. The molecule has 104 valence electrons. The second kappa shape index (κ2) is 6.39. The van der Waals surface area contributed by atoms with Crippen LogP contribution in [-0.2, 0) is 11.2 Å². The molecule has 0 saturated carbocycles.